The van der Waals surface area contributed by atoms with Gasteiger partial charge < -0.3 is 5.11 Å². The molecule has 0 aliphatic carbocycles. The van der Waals surface area contributed by atoms with Gasteiger partial charge in [0.05, 0.1) is 4.92 Å². The van der Waals surface area contributed by atoms with Crippen LogP contribution >= 0.6 is 0 Å². The fraction of sp³-hybridized carbons (Fsp3) is 0.417. The number of carboxylic acid groups (broad SMARTS) is 1. The lowest BCUT2D eigenvalue weighted by Gasteiger charge is -2.23. The molecule has 18 heavy (non-hydrogen) atoms. The van der Waals surface area contributed by atoms with Gasteiger partial charge in [0.2, 0.25) is 0 Å². The van der Waals surface area contributed by atoms with Crippen LogP contribution in [0.15, 0.2) is 24.3 Å². The summed E-state index contributed by atoms with van der Waals surface area (Å²) in [5, 5.41) is 20.0. The number of hydrogen-bond donors (Lipinski definition) is 1. The van der Waals surface area contributed by atoms with Gasteiger partial charge in [-0.3, -0.25) is 19.8 Å². The smallest absolute Gasteiger partial charge is 0.325 e. The Morgan fingerprint density at radius 3 is 2.61 bits per heavy atom. The van der Waals surface area contributed by atoms with Crippen molar-refractivity contribution in [2.75, 3.05) is 13.1 Å². The molecule has 1 aliphatic rings. The van der Waals surface area contributed by atoms with Crippen LogP contribution in [0.2, 0.25) is 0 Å². The first-order valence-corrected chi connectivity index (χ1v) is 5.81. The summed E-state index contributed by atoms with van der Waals surface area (Å²) in [6.07, 6.45) is 1.94. The standard InChI is InChI=1S/C12H14N2O4/c15-12(16)11(13-6-1-2-7-13)9-4-3-5-10(8-9)14(17)18/h3-5,8,11H,1-2,6-7H2,(H,15,16). The molecule has 96 valence electrons. The fourth-order valence-electron chi connectivity index (χ4n) is 2.32. The summed E-state index contributed by atoms with van der Waals surface area (Å²) in [6.45, 7) is 1.44. The van der Waals surface area contributed by atoms with E-state index >= 15 is 0 Å². The second kappa shape index (κ2) is 5.14. The maximum absolute atomic E-state index is 11.4. The predicted molar refractivity (Wildman–Crippen MR) is 64.3 cm³/mol. The van der Waals surface area contributed by atoms with E-state index in [9.17, 15) is 20.0 Å². The molecule has 0 radical (unpaired) electrons. The molecule has 1 unspecified atom stereocenters. The topological polar surface area (TPSA) is 83.7 Å². The van der Waals surface area contributed by atoms with Gasteiger partial charge >= 0.3 is 5.97 Å². The lowest BCUT2D eigenvalue weighted by molar-refractivity contribution is -0.384. The van der Waals surface area contributed by atoms with Crippen molar-refractivity contribution in [2.24, 2.45) is 0 Å². The third kappa shape index (κ3) is 2.48. The van der Waals surface area contributed by atoms with Gasteiger partial charge in [-0.15, -0.1) is 0 Å². The van der Waals surface area contributed by atoms with Crippen molar-refractivity contribution in [2.45, 2.75) is 18.9 Å². The number of likely N-dealkylation sites (tertiary alicyclic amines) is 1. The number of benzene rings is 1. The number of nitro groups is 1. The van der Waals surface area contributed by atoms with Crippen molar-refractivity contribution in [3.63, 3.8) is 0 Å². The molecule has 0 spiro atoms. The molecule has 0 saturated carbocycles. The number of nitro benzene ring substituents is 1. The van der Waals surface area contributed by atoms with Gasteiger partial charge in [-0.1, -0.05) is 12.1 Å². The van der Waals surface area contributed by atoms with Crippen LogP contribution in [0, 0.1) is 10.1 Å². The summed E-state index contributed by atoms with van der Waals surface area (Å²) < 4.78 is 0. The van der Waals surface area contributed by atoms with E-state index in [0.717, 1.165) is 25.9 Å². The number of carbonyl (C=O) groups is 1. The number of rotatable bonds is 4. The molecule has 1 aromatic rings. The fourth-order valence-corrected chi connectivity index (χ4v) is 2.32. The first kappa shape index (κ1) is 12.5. The molecule has 0 amide bonds. The maximum atomic E-state index is 11.4. The average Bonchev–Trinajstić information content (AvgIpc) is 2.82. The van der Waals surface area contributed by atoms with Gasteiger partial charge in [-0.05, 0) is 31.5 Å². The Bertz CT molecular complexity index is 469. The lowest BCUT2D eigenvalue weighted by Crippen LogP contribution is -2.31. The van der Waals surface area contributed by atoms with Crippen LogP contribution in [-0.4, -0.2) is 34.0 Å². The maximum Gasteiger partial charge on any atom is 0.325 e. The molecule has 1 aromatic carbocycles. The highest BCUT2D eigenvalue weighted by Crippen LogP contribution is 2.27. The second-order valence-corrected chi connectivity index (χ2v) is 4.34. The first-order chi connectivity index (χ1) is 8.59. The summed E-state index contributed by atoms with van der Waals surface area (Å²) in [4.78, 5) is 23.4. The molecule has 1 fully saturated rings. The summed E-state index contributed by atoms with van der Waals surface area (Å²) in [5.41, 5.74) is 0.400. The zero-order valence-electron chi connectivity index (χ0n) is 9.78. The number of nitrogens with zero attached hydrogens (tertiary/aromatic N) is 2. The van der Waals surface area contributed by atoms with Gasteiger partial charge in [-0.25, -0.2) is 0 Å². The molecule has 6 nitrogen and oxygen atoms in total. The Balaban J connectivity index is 2.33. The van der Waals surface area contributed by atoms with E-state index in [1.807, 2.05) is 4.90 Å². The van der Waals surface area contributed by atoms with Crippen molar-refractivity contribution < 1.29 is 14.8 Å². The minimum absolute atomic E-state index is 0.0713. The minimum Gasteiger partial charge on any atom is -0.480 e. The molecule has 1 heterocycles. The Morgan fingerprint density at radius 1 is 1.39 bits per heavy atom. The first-order valence-electron chi connectivity index (χ1n) is 5.81. The summed E-state index contributed by atoms with van der Waals surface area (Å²) in [5.74, 6) is -0.961. The van der Waals surface area contributed by atoms with Gasteiger partial charge in [0.25, 0.3) is 5.69 Å². The monoisotopic (exact) mass is 250 g/mol. The molecular formula is C12H14N2O4. The molecule has 1 saturated heterocycles. The zero-order valence-corrected chi connectivity index (χ0v) is 9.78. The van der Waals surface area contributed by atoms with Crippen LogP contribution in [0.5, 0.6) is 0 Å². The van der Waals surface area contributed by atoms with Crippen LogP contribution in [0.4, 0.5) is 5.69 Å². The van der Waals surface area contributed by atoms with Crippen LogP contribution in [-0.2, 0) is 4.79 Å². The number of aliphatic carboxylic acids is 1. The SMILES string of the molecule is O=C(O)C(c1cccc([N+](=O)[O-])c1)N1CCCC1. The van der Waals surface area contributed by atoms with E-state index < -0.39 is 16.9 Å². The molecule has 1 aliphatic heterocycles. The highest BCUT2D eigenvalue weighted by Gasteiger charge is 2.30. The van der Waals surface area contributed by atoms with E-state index in [2.05, 4.69) is 0 Å². The van der Waals surface area contributed by atoms with Crippen molar-refractivity contribution in [3.8, 4) is 0 Å². The Kier molecular flexibility index (Phi) is 3.57. The molecule has 0 bridgehead atoms. The van der Waals surface area contributed by atoms with Crippen molar-refractivity contribution in [1.29, 1.82) is 0 Å². The van der Waals surface area contributed by atoms with Gasteiger partial charge in [-0.2, -0.15) is 0 Å². The Morgan fingerprint density at radius 2 is 2.06 bits per heavy atom. The van der Waals surface area contributed by atoms with Gasteiger partial charge in [0.15, 0.2) is 0 Å². The van der Waals surface area contributed by atoms with E-state index in [1.165, 1.54) is 18.2 Å². The predicted octanol–water partition coefficient (Wildman–Crippen LogP) is 1.82. The second-order valence-electron chi connectivity index (χ2n) is 4.34. The number of carboxylic acids is 1. The van der Waals surface area contributed by atoms with Crippen molar-refractivity contribution >= 4 is 11.7 Å². The Hall–Kier alpha value is -1.95. The van der Waals surface area contributed by atoms with E-state index in [1.54, 1.807) is 6.07 Å². The summed E-state index contributed by atoms with van der Waals surface area (Å²) in [6, 6.07) is 5.08. The third-order valence-corrected chi connectivity index (χ3v) is 3.14. The highest BCUT2D eigenvalue weighted by molar-refractivity contribution is 5.76. The van der Waals surface area contributed by atoms with Crippen LogP contribution in [0.1, 0.15) is 24.4 Å². The molecule has 0 aromatic heterocycles. The van der Waals surface area contributed by atoms with E-state index in [4.69, 9.17) is 0 Å². The quantitative estimate of drug-likeness (QED) is 0.650. The molecule has 2 rings (SSSR count). The molecule has 1 N–H and O–H groups in total. The van der Waals surface area contributed by atoms with Crippen LogP contribution in [0.25, 0.3) is 0 Å². The normalized spacial score (nSPS) is 17.6. The molecule has 1 atom stereocenters. The Labute approximate surface area is 104 Å². The van der Waals surface area contributed by atoms with Crippen LogP contribution in [0.3, 0.4) is 0 Å². The lowest BCUT2D eigenvalue weighted by atomic mass is 10.1. The largest absolute Gasteiger partial charge is 0.480 e. The number of hydrogen-bond acceptors (Lipinski definition) is 4. The third-order valence-electron chi connectivity index (χ3n) is 3.14. The zero-order chi connectivity index (χ0) is 13.1. The number of non-ortho nitro benzene ring substituents is 1. The van der Waals surface area contributed by atoms with Crippen molar-refractivity contribution in [3.05, 3.63) is 39.9 Å². The van der Waals surface area contributed by atoms with Gasteiger partial charge in [0, 0.05) is 12.1 Å². The average molecular weight is 250 g/mol. The molecule has 6 heteroatoms. The van der Waals surface area contributed by atoms with Crippen LogP contribution < -0.4 is 0 Å². The highest BCUT2D eigenvalue weighted by atomic mass is 16.6. The van der Waals surface area contributed by atoms with E-state index in [0.29, 0.717) is 5.56 Å². The van der Waals surface area contributed by atoms with Crippen molar-refractivity contribution in [1.82, 2.24) is 4.90 Å². The minimum atomic E-state index is -0.961. The molecular weight excluding hydrogens is 236 g/mol. The van der Waals surface area contributed by atoms with E-state index in [-0.39, 0.29) is 5.69 Å². The summed E-state index contributed by atoms with van der Waals surface area (Å²) in [7, 11) is 0. The summed E-state index contributed by atoms with van der Waals surface area (Å²) >= 11 is 0. The van der Waals surface area contributed by atoms with Gasteiger partial charge in [0.1, 0.15) is 6.04 Å².